The lowest BCUT2D eigenvalue weighted by atomic mass is 10.2. The molecule has 0 spiro atoms. The second-order valence-corrected chi connectivity index (χ2v) is 7.53. The average Bonchev–Trinajstić information content (AvgIpc) is 3.39. The molecule has 3 heterocycles. The van der Waals surface area contributed by atoms with Crippen molar-refractivity contribution in [3.05, 3.63) is 78.0 Å². The normalized spacial score (nSPS) is 16.9. The number of hydrogen-bond acceptors (Lipinski definition) is 5. The van der Waals surface area contributed by atoms with Crippen molar-refractivity contribution in [1.82, 2.24) is 15.1 Å². The first-order valence-corrected chi connectivity index (χ1v) is 10.3. The van der Waals surface area contributed by atoms with Gasteiger partial charge in [0.05, 0.1) is 32.5 Å². The van der Waals surface area contributed by atoms with Gasteiger partial charge >= 0.3 is 0 Å². The lowest BCUT2D eigenvalue weighted by molar-refractivity contribution is -0.0864. The summed E-state index contributed by atoms with van der Waals surface area (Å²) in [7, 11) is 0. The summed E-state index contributed by atoms with van der Waals surface area (Å²) in [6, 6.07) is 20.5. The molecule has 0 saturated carbocycles. The molecule has 1 aliphatic rings. The van der Waals surface area contributed by atoms with E-state index < -0.39 is 0 Å². The predicted molar refractivity (Wildman–Crippen MR) is 115 cm³/mol. The first-order chi connectivity index (χ1) is 14.8. The van der Waals surface area contributed by atoms with Crippen LogP contribution in [0.2, 0.25) is 0 Å². The molecule has 2 aromatic carbocycles. The van der Waals surface area contributed by atoms with Gasteiger partial charge in [0.25, 0.3) is 0 Å². The van der Waals surface area contributed by atoms with Gasteiger partial charge in [0.2, 0.25) is 0 Å². The highest BCUT2D eigenvalue weighted by Crippen LogP contribution is 2.29. The molecule has 1 aliphatic heterocycles. The maximum Gasteiger partial charge on any atom is 0.156 e. The van der Waals surface area contributed by atoms with Crippen LogP contribution in [0.5, 0.6) is 0 Å². The van der Waals surface area contributed by atoms with E-state index in [2.05, 4.69) is 35.8 Å². The number of nitrogens with one attached hydrogen (secondary N) is 1. The van der Waals surface area contributed by atoms with Crippen molar-refractivity contribution in [2.45, 2.75) is 19.2 Å². The minimum Gasteiger partial charge on any atom is -0.454 e. The molecule has 2 aromatic heterocycles. The Labute approximate surface area is 175 Å². The molecule has 6 heteroatoms. The minimum atomic E-state index is 0.0905. The quantitative estimate of drug-likeness (QED) is 0.508. The van der Waals surface area contributed by atoms with E-state index in [4.69, 9.17) is 19.0 Å². The minimum absolute atomic E-state index is 0.0905. The maximum atomic E-state index is 6.11. The van der Waals surface area contributed by atoms with Crippen LogP contribution in [0.15, 0.2) is 71.3 Å². The van der Waals surface area contributed by atoms with Crippen LogP contribution < -0.4 is 5.32 Å². The Hall–Kier alpha value is -2.93. The Bertz CT molecular complexity index is 1060. The van der Waals surface area contributed by atoms with Crippen LogP contribution in [0.4, 0.5) is 0 Å². The molecule has 4 aromatic rings. The summed E-state index contributed by atoms with van der Waals surface area (Å²) in [4.78, 5) is 0. The summed E-state index contributed by atoms with van der Waals surface area (Å²) in [5.74, 6) is 0.789. The Morgan fingerprint density at radius 1 is 1.03 bits per heavy atom. The van der Waals surface area contributed by atoms with E-state index in [9.17, 15) is 0 Å². The zero-order valence-electron chi connectivity index (χ0n) is 16.8. The number of para-hydroxylation sites is 1. The zero-order valence-corrected chi connectivity index (χ0v) is 16.8. The van der Waals surface area contributed by atoms with Gasteiger partial charge in [-0.1, -0.05) is 48.5 Å². The average molecular weight is 403 g/mol. The third-order valence-corrected chi connectivity index (χ3v) is 5.26. The van der Waals surface area contributed by atoms with Crippen LogP contribution in [0.1, 0.15) is 11.1 Å². The SMILES string of the molecule is c1ccc(Cn2cc(CNC[C@@H]3COCCO3)c(-c3cc4ccccc4o3)n2)cc1. The molecule has 0 aliphatic carbocycles. The van der Waals surface area contributed by atoms with Crippen LogP contribution in [0.25, 0.3) is 22.4 Å². The second-order valence-electron chi connectivity index (χ2n) is 7.53. The first kappa shape index (κ1) is 19.1. The number of aromatic nitrogens is 2. The molecule has 5 rings (SSSR count). The molecule has 0 amide bonds. The van der Waals surface area contributed by atoms with Gasteiger partial charge < -0.3 is 19.2 Å². The van der Waals surface area contributed by atoms with Gasteiger partial charge in [-0.15, -0.1) is 0 Å². The molecule has 6 nitrogen and oxygen atoms in total. The monoisotopic (exact) mass is 403 g/mol. The van der Waals surface area contributed by atoms with Crippen molar-refractivity contribution < 1.29 is 13.9 Å². The molecule has 0 unspecified atom stereocenters. The fourth-order valence-electron chi connectivity index (χ4n) is 3.77. The summed E-state index contributed by atoms with van der Waals surface area (Å²) >= 11 is 0. The van der Waals surface area contributed by atoms with E-state index in [1.807, 2.05) is 41.1 Å². The molecule has 1 fully saturated rings. The summed E-state index contributed by atoms with van der Waals surface area (Å²) in [6.07, 6.45) is 2.19. The van der Waals surface area contributed by atoms with Crippen LogP contribution in [-0.2, 0) is 22.6 Å². The summed E-state index contributed by atoms with van der Waals surface area (Å²) in [5.41, 5.74) is 4.05. The molecule has 1 N–H and O–H groups in total. The van der Waals surface area contributed by atoms with E-state index in [1.54, 1.807) is 0 Å². The number of benzene rings is 2. The topological polar surface area (TPSA) is 61.5 Å². The van der Waals surface area contributed by atoms with Gasteiger partial charge in [-0.05, 0) is 17.7 Å². The third-order valence-electron chi connectivity index (χ3n) is 5.26. The summed E-state index contributed by atoms with van der Waals surface area (Å²) in [5, 5.41) is 9.44. The zero-order chi connectivity index (χ0) is 20.2. The molecule has 1 saturated heterocycles. The fourth-order valence-corrected chi connectivity index (χ4v) is 3.77. The van der Waals surface area contributed by atoms with E-state index in [1.165, 1.54) is 5.56 Å². The maximum absolute atomic E-state index is 6.11. The van der Waals surface area contributed by atoms with Crippen LogP contribution in [0, 0.1) is 0 Å². The van der Waals surface area contributed by atoms with Crippen molar-refractivity contribution in [3.63, 3.8) is 0 Å². The highest BCUT2D eigenvalue weighted by atomic mass is 16.6. The number of hydrogen-bond donors (Lipinski definition) is 1. The largest absolute Gasteiger partial charge is 0.454 e. The number of rotatable bonds is 7. The van der Waals surface area contributed by atoms with Crippen molar-refractivity contribution >= 4 is 11.0 Å². The van der Waals surface area contributed by atoms with Gasteiger partial charge in [0, 0.05) is 30.2 Å². The fraction of sp³-hybridized carbons (Fsp3) is 0.292. The smallest absolute Gasteiger partial charge is 0.156 e. The molecular formula is C24H25N3O3. The standard InChI is InChI=1S/C24H25N3O3/c1-2-6-18(7-3-1)15-27-16-20(13-25-14-21-17-28-10-11-29-21)24(26-27)23-12-19-8-4-5-9-22(19)30-23/h1-9,12,16,21,25H,10-11,13-15,17H2/t21-/m1/s1. The van der Waals surface area contributed by atoms with Crippen LogP contribution in [0.3, 0.4) is 0 Å². The molecule has 30 heavy (non-hydrogen) atoms. The van der Waals surface area contributed by atoms with Crippen molar-refractivity contribution in [1.29, 1.82) is 0 Å². The Kier molecular flexibility index (Phi) is 5.61. The van der Waals surface area contributed by atoms with Gasteiger partial charge in [0.15, 0.2) is 5.76 Å². The van der Waals surface area contributed by atoms with Crippen molar-refractivity contribution in [2.24, 2.45) is 0 Å². The van der Waals surface area contributed by atoms with Gasteiger partial charge in [-0.25, -0.2) is 0 Å². The molecule has 0 bridgehead atoms. The van der Waals surface area contributed by atoms with Crippen LogP contribution in [-0.4, -0.2) is 42.2 Å². The predicted octanol–water partition coefficient (Wildman–Crippen LogP) is 3.85. The number of fused-ring (bicyclic) bond motifs is 1. The molecule has 154 valence electrons. The van der Waals surface area contributed by atoms with E-state index in [-0.39, 0.29) is 6.10 Å². The Balaban J connectivity index is 1.39. The number of ether oxygens (including phenoxy) is 2. The Morgan fingerprint density at radius 2 is 1.90 bits per heavy atom. The molecule has 1 atom stereocenters. The summed E-state index contributed by atoms with van der Waals surface area (Å²) in [6.45, 7) is 4.11. The van der Waals surface area contributed by atoms with Gasteiger partial charge in [-0.3, -0.25) is 4.68 Å². The number of furan rings is 1. The second kappa shape index (κ2) is 8.83. The highest BCUT2D eigenvalue weighted by Gasteiger charge is 2.18. The van der Waals surface area contributed by atoms with E-state index in [0.29, 0.717) is 32.9 Å². The van der Waals surface area contributed by atoms with Crippen LogP contribution >= 0.6 is 0 Å². The van der Waals surface area contributed by atoms with Crippen molar-refractivity contribution in [3.8, 4) is 11.5 Å². The highest BCUT2D eigenvalue weighted by molar-refractivity contribution is 5.82. The van der Waals surface area contributed by atoms with E-state index >= 15 is 0 Å². The van der Waals surface area contributed by atoms with Crippen molar-refractivity contribution in [2.75, 3.05) is 26.4 Å². The third kappa shape index (κ3) is 4.31. The van der Waals surface area contributed by atoms with Gasteiger partial charge in [-0.2, -0.15) is 5.10 Å². The Morgan fingerprint density at radius 3 is 2.73 bits per heavy atom. The summed E-state index contributed by atoms with van der Waals surface area (Å²) < 4.78 is 19.3. The number of nitrogens with zero attached hydrogens (tertiary/aromatic N) is 2. The van der Waals surface area contributed by atoms with E-state index in [0.717, 1.165) is 34.5 Å². The first-order valence-electron chi connectivity index (χ1n) is 10.3. The molecule has 0 radical (unpaired) electrons. The lowest BCUT2D eigenvalue weighted by Gasteiger charge is -2.23. The van der Waals surface area contributed by atoms with Gasteiger partial charge in [0.1, 0.15) is 11.3 Å². The molecular weight excluding hydrogens is 378 g/mol. The lowest BCUT2D eigenvalue weighted by Crippen LogP contribution is -2.37.